The number of nitrogens with one attached hydrogen (secondary N) is 2. The van der Waals surface area contributed by atoms with Crippen molar-refractivity contribution in [2.24, 2.45) is 5.41 Å². The second-order valence-electron chi connectivity index (χ2n) is 4.96. The molecule has 1 aromatic heterocycles. The van der Waals surface area contributed by atoms with Gasteiger partial charge < -0.3 is 10.6 Å². The average Bonchev–Trinajstić information content (AvgIpc) is 2.98. The smallest absolute Gasteiger partial charge is 0.107 e. The summed E-state index contributed by atoms with van der Waals surface area (Å²) < 4.78 is 0. The van der Waals surface area contributed by atoms with E-state index in [4.69, 9.17) is 0 Å². The molecule has 0 amide bonds. The van der Waals surface area contributed by atoms with Crippen molar-refractivity contribution < 1.29 is 0 Å². The Morgan fingerprint density at radius 3 is 3.00 bits per heavy atom. The minimum atomic E-state index is 0.477. The third kappa shape index (κ3) is 3.27. The molecule has 2 rings (SSSR count). The summed E-state index contributed by atoms with van der Waals surface area (Å²) in [4.78, 5) is 5.82. The van der Waals surface area contributed by atoms with Crippen molar-refractivity contribution >= 4 is 11.3 Å². The first-order valence-corrected chi connectivity index (χ1v) is 7.44. The molecule has 0 spiro atoms. The zero-order chi connectivity index (χ0) is 12.1. The van der Waals surface area contributed by atoms with Crippen LogP contribution in [0.1, 0.15) is 36.6 Å². The molecule has 2 N–H and O–H groups in total. The lowest BCUT2D eigenvalue weighted by Crippen LogP contribution is -2.35. The van der Waals surface area contributed by atoms with Crippen LogP contribution in [0.25, 0.3) is 0 Å². The number of nitrogens with zero attached hydrogens (tertiary/aromatic N) is 1. The Morgan fingerprint density at radius 2 is 2.41 bits per heavy atom. The van der Waals surface area contributed by atoms with E-state index >= 15 is 0 Å². The van der Waals surface area contributed by atoms with E-state index in [9.17, 15) is 0 Å². The Labute approximate surface area is 108 Å². The molecule has 2 heterocycles. The maximum atomic E-state index is 4.44. The van der Waals surface area contributed by atoms with Gasteiger partial charge in [0, 0.05) is 30.7 Å². The summed E-state index contributed by atoms with van der Waals surface area (Å²) in [5.74, 6) is 0. The summed E-state index contributed by atoms with van der Waals surface area (Å²) in [6.45, 7) is 8.85. The van der Waals surface area contributed by atoms with E-state index in [2.05, 4.69) is 29.5 Å². The van der Waals surface area contributed by atoms with E-state index < -0.39 is 0 Å². The first kappa shape index (κ1) is 13.0. The van der Waals surface area contributed by atoms with Gasteiger partial charge in [0.2, 0.25) is 0 Å². The number of rotatable bonds is 6. The zero-order valence-corrected chi connectivity index (χ0v) is 11.7. The van der Waals surface area contributed by atoms with E-state index in [0.717, 1.165) is 26.1 Å². The van der Waals surface area contributed by atoms with E-state index in [1.165, 1.54) is 29.3 Å². The van der Waals surface area contributed by atoms with Gasteiger partial charge in [0.1, 0.15) is 5.01 Å². The van der Waals surface area contributed by atoms with Gasteiger partial charge >= 0.3 is 0 Å². The van der Waals surface area contributed by atoms with Crippen LogP contribution in [0.5, 0.6) is 0 Å². The van der Waals surface area contributed by atoms with Crippen molar-refractivity contribution in [2.45, 2.75) is 39.7 Å². The maximum absolute atomic E-state index is 4.44. The maximum Gasteiger partial charge on any atom is 0.107 e. The predicted molar refractivity (Wildman–Crippen MR) is 73.4 cm³/mol. The Kier molecular flexibility index (Phi) is 4.54. The quantitative estimate of drug-likeness (QED) is 0.816. The number of hydrogen-bond donors (Lipinski definition) is 2. The lowest BCUT2D eigenvalue weighted by atomic mass is 9.84. The number of thiazole rings is 1. The lowest BCUT2D eigenvalue weighted by Gasteiger charge is -2.26. The first-order chi connectivity index (χ1) is 8.28. The molecule has 3 nitrogen and oxygen atoms in total. The highest BCUT2D eigenvalue weighted by molar-refractivity contribution is 7.11. The molecule has 4 heteroatoms. The SMILES string of the molecule is CCc1cnc(CNCC2(CC)CCNC2)s1. The average molecular weight is 253 g/mol. The Hall–Kier alpha value is -0.450. The molecule has 0 saturated carbocycles. The first-order valence-electron chi connectivity index (χ1n) is 6.63. The van der Waals surface area contributed by atoms with Gasteiger partial charge in [-0.05, 0) is 31.2 Å². The largest absolute Gasteiger partial charge is 0.316 e. The van der Waals surface area contributed by atoms with Gasteiger partial charge in [0.15, 0.2) is 0 Å². The summed E-state index contributed by atoms with van der Waals surface area (Å²) in [7, 11) is 0. The van der Waals surface area contributed by atoms with Crippen molar-refractivity contribution in [1.82, 2.24) is 15.6 Å². The van der Waals surface area contributed by atoms with E-state index in [-0.39, 0.29) is 0 Å². The van der Waals surface area contributed by atoms with Crippen molar-refractivity contribution in [3.05, 3.63) is 16.1 Å². The van der Waals surface area contributed by atoms with Gasteiger partial charge in [-0.3, -0.25) is 0 Å². The van der Waals surface area contributed by atoms with Crippen LogP contribution < -0.4 is 10.6 Å². The highest BCUT2D eigenvalue weighted by atomic mass is 32.1. The Morgan fingerprint density at radius 1 is 1.53 bits per heavy atom. The van der Waals surface area contributed by atoms with Crippen LogP contribution >= 0.6 is 11.3 Å². The standard InChI is InChI=1S/C13H23N3S/c1-3-11-7-16-12(17-11)8-15-10-13(4-2)5-6-14-9-13/h7,14-15H,3-6,8-10H2,1-2H3. The van der Waals surface area contributed by atoms with Crippen molar-refractivity contribution in [3.8, 4) is 0 Å². The second kappa shape index (κ2) is 5.94. The third-order valence-corrected chi connectivity index (χ3v) is 4.95. The predicted octanol–water partition coefficient (Wildman–Crippen LogP) is 2.18. The fourth-order valence-electron chi connectivity index (χ4n) is 2.40. The second-order valence-corrected chi connectivity index (χ2v) is 6.16. The molecule has 0 bridgehead atoms. The number of hydrogen-bond acceptors (Lipinski definition) is 4. The summed E-state index contributed by atoms with van der Waals surface area (Å²) >= 11 is 1.83. The topological polar surface area (TPSA) is 37.0 Å². The highest BCUT2D eigenvalue weighted by Crippen LogP contribution is 2.28. The lowest BCUT2D eigenvalue weighted by molar-refractivity contribution is 0.291. The van der Waals surface area contributed by atoms with Crippen LogP contribution in [0.2, 0.25) is 0 Å². The van der Waals surface area contributed by atoms with Crippen LogP contribution in [-0.2, 0) is 13.0 Å². The van der Waals surface area contributed by atoms with Crippen LogP contribution in [0.15, 0.2) is 6.20 Å². The molecular formula is C13H23N3S. The van der Waals surface area contributed by atoms with Gasteiger partial charge in [-0.15, -0.1) is 11.3 Å². The molecule has 0 radical (unpaired) electrons. The molecular weight excluding hydrogens is 230 g/mol. The van der Waals surface area contributed by atoms with Gasteiger partial charge in [-0.2, -0.15) is 0 Å². The van der Waals surface area contributed by atoms with E-state index in [1.54, 1.807) is 0 Å². The molecule has 0 aromatic carbocycles. The minimum Gasteiger partial charge on any atom is -0.316 e. The summed E-state index contributed by atoms with van der Waals surface area (Å²) in [5.41, 5.74) is 0.477. The van der Waals surface area contributed by atoms with Gasteiger partial charge in [-0.1, -0.05) is 13.8 Å². The monoisotopic (exact) mass is 253 g/mol. The molecule has 17 heavy (non-hydrogen) atoms. The van der Waals surface area contributed by atoms with Crippen LogP contribution in [0.3, 0.4) is 0 Å². The fraction of sp³-hybridized carbons (Fsp3) is 0.769. The minimum absolute atomic E-state index is 0.477. The molecule has 96 valence electrons. The van der Waals surface area contributed by atoms with Crippen LogP contribution in [0.4, 0.5) is 0 Å². The molecule has 1 fully saturated rings. The Bertz CT molecular complexity index is 342. The van der Waals surface area contributed by atoms with Crippen LogP contribution in [0, 0.1) is 5.41 Å². The summed E-state index contributed by atoms with van der Waals surface area (Å²) in [6.07, 6.45) is 5.66. The van der Waals surface area contributed by atoms with Gasteiger partial charge in [-0.25, -0.2) is 4.98 Å². The highest BCUT2D eigenvalue weighted by Gasteiger charge is 2.31. The number of aromatic nitrogens is 1. The molecule has 1 aliphatic rings. The van der Waals surface area contributed by atoms with Gasteiger partial charge in [0.05, 0.1) is 0 Å². The van der Waals surface area contributed by atoms with Crippen LogP contribution in [-0.4, -0.2) is 24.6 Å². The third-order valence-electron chi connectivity index (χ3n) is 3.81. The van der Waals surface area contributed by atoms with Gasteiger partial charge in [0.25, 0.3) is 0 Å². The Balaban J connectivity index is 1.78. The normalized spacial score (nSPS) is 24.4. The van der Waals surface area contributed by atoms with Crippen molar-refractivity contribution in [1.29, 1.82) is 0 Å². The molecule has 1 aromatic rings. The van der Waals surface area contributed by atoms with E-state index in [0.29, 0.717) is 5.41 Å². The molecule has 1 aliphatic heterocycles. The molecule has 1 unspecified atom stereocenters. The molecule has 1 atom stereocenters. The molecule has 0 aliphatic carbocycles. The van der Waals surface area contributed by atoms with E-state index in [1.807, 2.05) is 17.5 Å². The fourth-order valence-corrected chi connectivity index (χ4v) is 3.23. The van der Waals surface area contributed by atoms with Crippen molar-refractivity contribution in [3.63, 3.8) is 0 Å². The van der Waals surface area contributed by atoms with Crippen molar-refractivity contribution in [2.75, 3.05) is 19.6 Å². The zero-order valence-electron chi connectivity index (χ0n) is 10.9. The number of aryl methyl sites for hydroxylation is 1. The molecule has 1 saturated heterocycles. The summed E-state index contributed by atoms with van der Waals surface area (Å²) in [5, 5.41) is 8.28. The summed E-state index contributed by atoms with van der Waals surface area (Å²) in [6, 6.07) is 0.